The Bertz CT molecular complexity index is 1460. The van der Waals surface area contributed by atoms with Gasteiger partial charge in [-0.25, -0.2) is 17.6 Å². The molecule has 2 N–H and O–H groups in total. The molecule has 6 rings (SSSR count). The highest BCUT2D eigenvalue weighted by atomic mass is 79.9. The Balaban J connectivity index is 0.00000368. The average Bonchev–Trinajstić information content (AvgIpc) is 3.62. The van der Waals surface area contributed by atoms with Gasteiger partial charge in [0.15, 0.2) is 10.3 Å². The van der Waals surface area contributed by atoms with E-state index in [1.165, 1.54) is 48.5 Å². The van der Waals surface area contributed by atoms with E-state index in [1.807, 2.05) is 0 Å². The van der Waals surface area contributed by atoms with Crippen LogP contribution in [0.25, 0.3) is 0 Å². The summed E-state index contributed by atoms with van der Waals surface area (Å²) in [7, 11) is 0. The van der Waals surface area contributed by atoms with Crippen LogP contribution < -0.4 is 10.6 Å². The lowest BCUT2D eigenvalue weighted by atomic mass is 9.95. The molecule has 43 heavy (non-hydrogen) atoms. The summed E-state index contributed by atoms with van der Waals surface area (Å²) in [4.78, 5) is 9.78. The first kappa shape index (κ1) is 31.2. The van der Waals surface area contributed by atoms with E-state index in [2.05, 4.69) is 10.6 Å². The van der Waals surface area contributed by atoms with Gasteiger partial charge in [0.25, 0.3) is 0 Å². The number of halogens is 5. The maximum Gasteiger partial charge on any atom is 0.157 e. The number of nitrogens with zero attached hydrogens (tertiary/aromatic N) is 2. The summed E-state index contributed by atoms with van der Waals surface area (Å²) < 4.78 is 54.3. The number of hydrogen-bond donors (Lipinski definition) is 2. The Morgan fingerprint density at radius 1 is 0.465 bits per heavy atom. The second-order valence-electron chi connectivity index (χ2n) is 9.91. The van der Waals surface area contributed by atoms with Crippen LogP contribution in [0.2, 0.25) is 0 Å². The standard InChI is InChI=1S/C32H26F4N4S2.BrH/c33-23-9-1-19(2-10-23)27-28(20-3-11-24(34)12-4-20)38-31(37-27)41-17-18-42-32-39-29(21-5-13-25(35)14-6-21)30(40-32)22-7-15-26(36)16-8-22;/h1-16,27-30H,17-18H2,(H,37,38)(H,39,40);1H/t27-,28+,29-,30+;. The van der Waals surface area contributed by atoms with E-state index in [4.69, 9.17) is 9.98 Å². The third kappa shape index (κ3) is 7.45. The monoisotopic (exact) mass is 686 g/mol. The van der Waals surface area contributed by atoms with E-state index in [1.54, 1.807) is 72.1 Å². The summed E-state index contributed by atoms with van der Waals surface area (Å²) in [5.41, 5.74) is 3.52. The van der Waals surface area contributed by atoms with Gasteiger partial charge >= 0.3 is 0 Å². The second-order valence-corrected chi connectivity index (χ2v) is 12.1. The van der Waals surface area contributed by atoms with E-state index >= 15 is 0 Å². The molecule has 0 unspecified atom stereocenters. The van der Waals surface area contributed by atoms with Crippen molar-refractivity contribution in [2.45, 2.75) is 24.2 Å². The van der Waals surface area contributed by atoms with Crippen molar-refractivity contribution in [3.8, 4) is 0 Å². The van der Waals surface area contributed by atoms with Crippen LogP contribution in [0.1, 0.15) is 46.4 Å². The highest BCUT2D eigenvalue weighted by molar-refractivity contribution is 8.93. The first-order valence-electron chi connectivity index (χ1n) is 13.4. The highest BCUT2D eigenvalue weighted by Crippen LogP contribution is 2.39. The molecule has 11 heteroatoms. The Hall–Kier alpha value is -3.28. The summed E-state index contributed by atoms with van der Waals surface area (Å²) in [6.07, 6.45) is 0. The minimum absolute atomic E-state index is 0. The van der Waals surface area contributed by atoms with Crippen LogP contribution in [0, 0.1) is 23.3 Å². The van der Waals surface area contributed by atoms with Crippen LogP contribution in [0.4, 0.5) is 17.6 Å². The van der Waals surface area contributed by atoms with Crippen LogP contribution in [0.15, 0.2) is 107 Å². The molecule has 0 aromatic heterocycles. The molecule has 2 aliphatic heterocycles. The smallest absolute Gasteiger partial charge is 0.157 e. The summed E-state index contributed by atoms with van der Waals surface area (Å²) in [6, 6.07) is 24.3. The molecule has 222 valence electrons. The third-order valence-electron chi connectivity index (χ3n) is 7.14. The number of nitrogens with one attached hydrogen (secondary N) is 2. The maximum atomic E-state index is 13.6. The van der Waals surface area contributed by atoms with Crippen LogP contribution in [-0.4, -0.2) is 21.8 Å². The molecule has 0 saturated carbocycles. The number of thioether (sulfide) groups is 2. The van der Waals surface area contributed by atoms with Gasteiger partial charge in [-0.05, 0) is 70.8 Å². The Labute approximate surface area is 266 Å². The lowest BCUT2D eigenvalue weighted by molar-refractivity contribution is 0.566. The van der Waals surface area contributed by atoms with Gasteiger partial charge in [0.1, 0.15) is 35.4 Å². The molecule has 4 aromatic rings. The molecule has 2 aliphatic rings. The minimum Gasteiger partial charge on any atom is -0.356 e. The summed E-state index contributed by atoms with van der Waals surface area (Å²) >= 11 is 3.14. The van der Waals surface area contributed by atoms with Gasteiger partial charge in [0, 0.05) is 11.5 Å². The van der Waals surface area contributed by atoms with Crippen molar-refractivity contribution >= 4 is 50.8 Å². The maximum absolute atomic E-state index is 13.6. The van der Waals surface area contributed by atoms with Crippen LogP contribution >= 0.6 is 40.5 Å². The molecule has 0 amide bonds. The SMILES string of the molecule is Br.Fc1ccc([C@H]2N=C(SCCSC3=N[C@H](c4ccc(F)cc4)[C@H](c4ccc(F)cc4)N3)N[C@H]2c2ccc(F)cc2)cc1. The molecule has 4 nitrogen and oxygen atoms in total. The van der Waals surface area contributed by atoms with E-state index in [0.29, 0.717) is 0 Å². The van der Waals surface area contributed by atoms with Crippen molar-refractivity contribution in [2.75, 3.05) is 11.5 Å². The molecule has 0 fully saturated rings. The third-order valence-corrected chi connectivity index (χ3v) is 9.21. The molecule has 2 heterocycles. The van der Waals surface area contributed by atoms with Crippen molar-refractivity contribution in [1.29, 1.82) is 0 Å². The van der Waals surface area contributed by atoms with Crippen LogP contribution in [0.5, 0.6) is 0 Å². The van der Waals surface area contributed by atoms with Crippen molar-refractivity contribution < 1.29 is 17.6 Å². The molecule has 0 spiro atoms. The van der Waals surface area contributed by atoms with Gasteiger partial charge in [-0.15, -0.1) is 17.0 Å². The fourth-order valence-electron chi connectivity index (χ4n) is 5.06. The number of amidine groups is 2. The number of rotatable bonds is 7. The minimum atomic E-state index is -0.314. The first-order chi connectivity index (χ1) is 20.4. The van der Waals surface area contributed by atoms with E-state index in [9.17, 15) is 17.6 Å². The summed E-state index contributed by atoms with van der Waals surface area (Å²) in [6.45, 7) is 0. The van der Waals surface area contributed by atoms with Gasteiger partial charge in [-0.3, -0.25) is 9.98 Å². The average molecular weight is 688 g/mol. The van der Waals surface area contributed by atoms with Crippen LogP contribution in [0.3, 0.4) is 0 Å². The fourth-order valence-corrected chi connectivity index (χ4v) is 6.91. The number of aliphatic imine (C=N–C) groups is 2. The van der Waals surface area contributed by atoms with Crippen LogP contribution in [-0.2, 0) is 0 Å². The van der Waals surface area contributed by atoms with Gasteiger partial charge in [-0.1, -0.05) is 72.1 Å². The normalized spacial score (nSPS) is 20.9. The van der Waals surface area contributed by atoms with Gasteiger partial charge in [0.2, 0.25) is 0 Å². The largest absolute Gasteiger partial charge is 0.356 e. The van der Waals surface area contributed by atoms with Crippen molar-refractivity contribution in [3.05, 3.63) is 143 Å². The molecule has 0 aliphatic carbocycles. The van der Waals surface area contributed by atoms with E-state index < -0.39 is 0 Å². The molecule has 4 aromatic carbocycles. The predicted molar refractivity (Wildman–Crippen MR) is 173 cm³/mol. The Morgan fingerprint density at radius 3 is 1.05 bits per heavy atom. The highest BCUT2D eigenvalue weighted by Gasteiger charge is 2.33. The topological polar surface area (TPSA) is 48.8 Å². The van der Waals surface area contributed by atoms with Crippen molar-refractivity contribution in [3.63, 3.8) is 0 Å². The summed E-state index contributed by atoms with van der Waals surface area (Å²) in [5, 5.41) is 8.45. The van der Waals surface area contributed by atoms with Gasteiger partial charge in [0.05, 0.1) is 12.1 Å². The lowest BCUT2D eigenvalue weighted by Gasteiger charge is -2.19. The zero-order valence-corrected chi connectivity index (χ0v) is 25.9. The Morgan fingerprint density at radius 2 is 0.744 bits per heavy atom. The number of hydrogen-bond acceptors (Lipinski definition) is 6. The zero-order valence-electron chi connectivity index (χ0n) is 22.6. The predicted octanol–water partition coefficient (Wildman–Crippen LogP) is 8.47. The van der Waals surface area contributed by atoms with Gasteiger partial charge < -0.3 is 10.6 Å². The fraction of sp³-hybridized carbons (Fsp3) is 0.188. The molecule has 4 atom stereocenters. The zero-order chi connectivity index (χ0) is 29.1. The van der Waals surface area contributed by atoms with Crippen molar-refractivity contribution in [2.24, 2.45) is 9.98 Å². The molecule has 0 radical (unpaired) electrons. The number of benzene rings is 4. The molecule has 0 saturated heterocycles. The van der Waals surface area contributed by atoms with E-state index in [0.717, 1.165) is 44.1 Å². The second kappa shape index (κ2) is 14.0. The molecule has 0 bridgehead atoms. The first-order valence-corrected chi connectivity index (χ1v) is 15.4. The molecular formula is C32H27BrF4N4S2. The Kier molecular flexibility index (Phi) is 10.1. The van der Waals surface area contributed by atoms with Crippen molar-refractivity contribution in [1.82, 2.24) is 10.6 Å². The molecular weight excluding hydrogens is 660 g/mol. The quantitative estimate of drug-likeness (QED) is 0.151. The summed E-state index contributed by atoms with van der Waals surface area (Å²) in [5.74, 6) is 0.206. The lowest BCUT2D eigenvalue weighted by Crippen LogP contribution is -2.24. The van der Waals surface area contributed by atoms with Gasteiger partial charge in [-0.2, -0.15) is 0 Å². The van der Waals surface area contributed by atoms with E-state index in [-0.39, 0.29) is 64.4 Å².